The molecule has 2 heterocycles. The fraction of sp³-hybridized carbons (Fsp3) is 0.750. The zero-order valence-electron chi connectivity index (χ0n) is 10.4. The summed E-state index contributed by atoms with van der Waals surface area (Å²) in [5, 5.41) is 4.38. The number of aromatic nitrogens is 1. The van der Waals surface area contributed by atoms with Crippen molar-refractivity contribution < 1.29 is 0 Å². The molecule has 2 rings (SSSR count). The third-order valence-corrected chi connectivity index (χ3v) is 4.24. The predicted molar refractivity (Wildman–Crippen MR) is 70.1 cm³/mol. The van der Waals surface area contributed by atoms with E-state index in [9.17, 15) is 0 Å². The lowest BCUT2D eigenvalue weighted by atomic mass is 10.0. The summed E-state index contributed by atoms with van der Waals surface area (Å²) in [6.45, 7) is 6.73. The Morgan fingerprint density at radius 3 is 3.12 bits per heavy atom. The van der Waals surface area contributed by atoms with Gasteiger partial charge in [-0.25, -0.2) is 4.98 Å². The van der Waals surface area contributed by atoms with Crippen LogP contribution in [0.25, 0.3) is 0 Å². The Morgan fingerprint density at radius 1 is 1.62 bits per heavy atom. The first-order valence-corrected chi connectivity index (χ1v) is 6.90. The summed E-state index contributed by atoms with van der Waals surface area (Å²) in [6.07, 6.45) is 4.63. The van der Waals surface area contributed by atoms with Crippen LogP contribution in [0.15, 0.2) is 6.20 Å². The van der Waals surface area contributed by atoms with E-state index in [4.69, 9.17) is 0 Å². The van der Waals surface area contributed by atoms with Crippen LogP contribution in [0.5, 0.6) is 0 Å². The molecule has 1 fully saturated rings. The molecule has 1 aromatic heterocycles. The van der Waals surface area contributed by atoms with Gasteiger partial charge in [-0.1, -0.05) is 13.8 Å². The second-order valence-corrected chi connectivity index (χ2v) is 5.88. The van der Waals surface area contributed by atoms with Crippen LogP contribution in [-0.2, 0) is 6.54 Å². The first-order chi connectivity index (χ1) is 7.72. The summed E-state index contributed by atoms with van der Waals surface area (Å²) in [6, 6.07) is 0.689. The smallest absolute Gasteiger partial charge is 0.185 e. The summed E-state index contributed by atoms with van der Waals surface area (Å²) < 4.78 is 0. The van der Waals surface area contributed by atoms with Crippen LogP contribution in [0.2, 0.25) is 0 Å². The second kappa shape index (κ2) is 5.15. The summed E-state index contributed by atoms with van der Waals surface area (Å²) in [5.74, 6) is 0.721. The summed E-state index contributed by atoms with van der Waals surface area (Å²) >= 11 is 1.83. The summed E-state index contributed by atoms with van der Waals surface area (Å²) in [7, 11) is 1.98. The van der Waals surface area contributed by atoms with Gasteiger partial charge in [-0.2, -0.15) is 0 Å². The van der Waals surface area contributed by atoms with Crippen molar-refractivity contribution in [3.05, 3.63) is 11.1 Å². The number of anilines is 1. The SMILES string of the molecule is CNCc1cnc(N2CCCC2C(C)C)s1. The second-order valence-electron chi connectivity index (χ2n) is 4.79. The van der Waals surface area contributed by atoms with Crippen LogP contribution in [0, 0.1) is 5.92 Å². The lowest BCUT2D eigenvalue weighted by molar-refractivity contribution is 0.491. The number of hydrogen-bond acceptors (Lipinski definition) is 4. The van der Waals surface area contributed by atoms with Crippen molar-refractivity contribution in [2.45, 2.75) is 39.3 Å². The van der Waals surface area contributed by atoms with E-state index in [0.29, 0.717) is 6.04 Å². The third kappa shape index (κ3) is 2.38. The normalized spacial score (nSPS) is 21.0. The average Bonchev–Trinajstić information content (AvgIpc) is 2.83. The Kier molecular flexibility index (Phi) is 3.82. The van der Waals surface area contributed by atoms with Gasteiger partial charge >= 0.3 is 0 Å². The first-order valence-electron chi connectivity index (χ1n) is 6.08. The highest BCUT2D eigenvalue weighted by molar-refractivity contribution is 7.15. The molecule has 0 aromatic carbocycles. The molecule has 1 N–H and O–H groups in total. The van der Waals surface area contributed by atoms with E-state index in [2.05, 4.69) is 29.0 Å². The van der Waals surface area contributed by atoms with Crippen LogP contribution >= 0.6 is 11.3 Å². The molecule has 90 valence electrons. The van der Waals surface area contributed by atoms with Gasteiger partial charge in [0.15, 0.2) is 5.13 Å². The maximum absolute atomic E-state index is 4.55. The molecule has 0 bridgehead atoms. The van der Waals surface area contributed by atoms with Crippen molar-refractivity contribution in [1.29, 1.82) is 0 Å². The molecule has 1 aromatic rings. The van der Waals surface area contributed by atoms with E-state index < -0.39 is 0 Å². The van der Waals surface area contributed by atoms with E-state index >= 15 is 0 Å². The Bertz CT molecular complexity index is 335. The predicted octanol–water partition coefficient (Wildman–Crippen LogP) is 2.49. The molecular weight excluding hydrogens is 218 g/mol. The molecule has 3 nitrogen and oxygen atoms in total. The van der Waals surface area contributed by atoms with Crippen LogP contribution in [0.3, 0.4) is 0 Å². The third-order valence-electron chi connectivity index (χ3n) is 3.21. The largest absolute Gasteiger partial charge is 0.345 e. The summed E-state index contributed by atoms with van der Waals surface area (Å²) in [5.41, 5.74) is 0. The highest BCUT2D eigenvalue weighted by Crippen LogP contribution is 2.32. The van der Waals surface area contributed by atoms with E-state index in [1.165, 1.54) is 29.4 Å². The zero-order chi connectivity index (χ0) is 11.5. The van der Waals surface area contributed by atoms with E-state index in [0.717, 1.165) is 12.5 Å². The fourth-order valence-electron chi connectivity index (χ4n) is 2.41. The van der Waals surface area contributed by atoms with Gasteiger partial charge in [0.2, 0.25) is 0 Å². The number of hydrogen-bond donors (Lipinski definition) is 1. The van der Waals surface area contributed by atoms with Crippen molar-refractivity contribution in [3.8, 4) is 0 Å². The molecule has 0 saturated carbocycles. The minimum Gasteiger partial charge on any atom is -0.345 e. The maximum atomic E-state index is 4.55. The van der Waals surface area contributed by atoms with Crippen LogP contribution < -0.4 is 10.2 Å². The molecule has 1 aliphatic heterocycles. The van der Waals surface area contributed by atoms with Gasteiger partial charge in [0.25, 0.3) is 0 Å². The van der Waals surface area contributed by atoms with Gasteiger partial charge in [0.05, 0.1) is 0 Å². The minimum absolute atomic E-state index is 0.689. The van der Waals surface area contributed by atoms with Gasteiger partial charge in [-0.3, -0.25) is 0 Å². The molecule has 16 heavy (non-hydrogen) atoms. The molecule has 1 saturated heterocycles. The Morgan fingerprint density at radius 2 is 2.44 bits per heavy atom. The van der Waals surface area contributed by atoms with Crippen molar-refractivity contribution in [1.82, 2.24) is 10.3 Å². The topological polar surface area (TPSA) is 28.2 Å². The molecule has 1 unspecified atom stereocenters. The molecular formula is C12H21N3S. The van der Waals surface area contributed by atoms with Crippen LogP contribution in [0.4, 0.5) is 5.13 Å². The number of thiazole rings is 1. The first kappa shape index (κ1) is 11.9. The maximum Gasteiger partial charge on any atom is 0.185 e. The van der Waals surface area contributed by atoms with E-state index in [1.807, 2.05) is 24.6 Å². The monoisotopic (exact) mass is 239 g/mol. The highest BCUT2D eigenvalue weighted by atomic mass is 32.1. The molecule has 0 aliphatic carbocycles. The Balaban J connectivity index is 2.10. The molecule has 4 heteroatoms. The van der Waals surface area contributed by atoms with Gasteiger partial charge in [-0.05, 0) is 25.8 Å². The standard InChI is InChI=1S/C12H21N3S/c1-9(2)11-5-4-6-15(11)12-14-8-10(16-12)7-13-3/h8-9,11,13H,4-7H2,1-3H3. The fourth-order valence-corrected chi connectivity index (χ4v) is 3.41. The molecule has 1 atom stereocenters. The number of nitrogens with one attached hydrogen (secondary N) is 1. The van der Waals surface area contributed by atoms with Crippen molar-refractivity contribution >= 4 is 16.5 Å². The highest BCUT2D eigenvalue weighted by Gasteiger charge is 2.28. The Labute approximate surface area is 102 Å². The number of rotatable bonds is 4. The molecule has 0 amide bonds. The summed E-state index contributed by atoms with van der Waals surface area (Å²) in [4.78, 5) is 8.37. The van der Waals surface area contributed by atoms with Crippen molar-refractivity contribution in [2.24, 2.45) is 5.92 Å². The lowest BCUT2D eigenvalue weighted by Crippen LogP contribution is -2.33. The van der Waals surface area contributed by atoms with Crippen molar-refractivity contribution in [3.63, 3.8) is 0 Å². The van der Waals surface area contributed by atoms with E-state index in [1.54, 1.807) is 0 Å². The van der Waals surface area contributed by atoms with E-state index in [-0.39, 0.29) is 0 Å². The lowest BCUT2D eigenvalue weighted by Gasteiger charge is -2.27. The van der Waals surface area contributed by atoms with Gasteiger partial charge < -0.3 is 10.2 Å². The van der Waals surface area contributed by atoms with Crippen molar-refractivity contribution in [2.75, 3.05) is 18.5 Å². The van der Waals surface area contributed by atoms with Gasteiger partial charge in [-0.15, -0.1) is 11.3 Å². The molecule has 0 spiro atoms. The average molecular weight is 239 g/mol. The zero-order valence-corrected chi connectivity index (χ0v) is 11.2. The van der Waals surface area contributed by atoms with Crippen LogP contribution in [-0.4, -0.2) is 24.6 Å². The quantitative estimate of drug-likeness (QED) is 0.875. The minimum atomic E-state index is 0.689. The van der Waals surface area contributed by atoms with Gasteiger partial charge in [0.1, 0.15) is 0 Å². The Hall–Kier alpha value is -0.610. The van der Waals surface area contributed by atoms with Crippen LogP contribution in [0.1, 0.15) is 31.6 Å². The number of nitrogens with zero attached hydrogens (tertiary/aromatic N) is 2. The molecule has 1 aliphatic rings. The van der Waals surface area contributed by atoms with Gasteiger partial charge in [0, 0.05) is 30.2 Å². The molecule has 0 radical (unpaired) electrons.